The van der Waals surface area contributed by atoms with Crippen molar-refractivity contribution in [3.63, 3.8) is 0 Å². The van der Waals surface area contributed by atoms with Crippen molar-refractivity contribution in [3.05, 3.63) is 60.3 Å². The fraction of sp³-hybridized carbons (Fsp3) is 0.167. The molecule has 0 fully saturated rings. The molecule has 0 amide bonds. The summed E-state index contributed by atoms with van der Waals surface area (Å²) in [5.74, 6) is 1.87. The van der Waals surface area contributed by atoms with Gasteiger partial charge in [0.1, 0.15) is 17.2 Å². The van der Waals surface area contributed by atoms with E-state index in [-0.39, 0.29) is 5.78 Å². The van der Waals surface area contributed by atoms with E-state index >= 15 is 0 Å². The molecule has 0 aliphatic carbocycles. The van der Waals surface area contributed by atoms with E-state index in [9.17, 15) is 4.79 Å². The van der Waals surface area contributed by atoms with Crippen molar-refractivity contribution in [1.82, 2.24) is 0 Å². The third-order valence-corrected chi connectivity index (χ3v) is 3.23. The Morgan fingerprint density at radius 3 is 2.39 bits per heavy atom. The standard InChI is InChI=1S/C18H19NO4/c1-21-14-6-4-5-13(11-14)17(20)9-10-19-16-12-15(22-2)7-8-18(16)23-3/h4-12,19H,1-3H3. The lowest BCUT2D eigenvalue weighted by molar-refractivity contribution is 0.104. The number of hydrogen-bond donors (Lipinski definition) is 1. The van der Waals surface area contributed by atoms with Gasteiger partial charge in [0.05, 0.1) is 27.0 Å². The van der Waals surface area contributed by atoms with E-state index < -0.39 is 0 Å². The van der Waals surface area contributed by atoms with Crippen LogP contribution in [0.25, 0.3) is 0 Å². The number of methoxy groups -OCH3 is 3. The Bertz CT molecular complexity index is 710. The molecule has 0 aliphatic heterocycles. The van der Waals surface area contributed by atoms with Gasteiger partial charge in [-0.15, -0.1) is 0 Å². The average Bonchev–Trinajstić information content (AvgIpc) is 2.61. The molecule has 2 rings (SSSR count). The summed E-state index contributed by atoms with van der Waals surface area (Å²) < 4.78 is 15.6. The van der Waals surface area contributed by atoms with E-state index in [0.29, 0.717) is 28.5 Å². The Balaban J connectivity index is 2.10. The second-order valence-corrected chi connectivity index (χ2v) is 4.64. The minimum atomic E-state index is -0.127. The molecule has 1 N–H and O–H groups in total. The van der Waals surface area contributed by atoms with Gasteiger partial charge < -0.3 is 19.5 Å². The monoisotopic (exact) mass is 313 g/mol. The predicted molar refractivity (Wildman–Crippen MR) is 89.6 cm³/mol. The minimum absolute atomic E-state index is 0.127. The number of benzene rings is 2. The van der Waals surface area contributed by atoms with Crippen LogP contribution in [0.15, 0.2) is 54.7 Å². The third kappa shape index (κ3) is 4.26. The normalized spacial score (nSPS) is 10.4. The summed E-state index contributed by atoms with van der Waals surface area (Å²) in [7, 11) is 4.74. The molecule has 5 nitrogen and oxygen atoms in total. The predicted octanol–water partition coefficient (Wildman–Crippen LogP) is 3.52. The molecule has 0 spiro atoms. The van der Waals surface area contributed by atoms with Crippen molar-refractivity contribution in [2.24, 2.45) is 0 Å². The maximum Gasteiger partial charge on any atom is 0.187 e. The summed E-state index contributed by atoms with van der Waals surface area (Å²) in [6.45, 7) is 0. The van der Waals surface area contributed by atoms with Gasteiger partial charge in [0.15, 0.2) is 5.78 Å². The summed E-state index contributed by atoms with van der Waals surface area (Å²) in [5.41, 5.74) is 1.27. The Morgan fingerprint density at radius 1 is 0.957 bits per heavy atom. The van der Waals surface area contributed by atoms with E-state index in [1.54, 1.807) is 70.0 Å². The summed E-state index contributed by atoms with van der Waals surface area (Å²) in [6, 6.07) is 12.4. The molecule has 23 heavy (non-hydrogen) atoms. The molecule has 0 saturated heterocycles. The van der Waals surface area contributed by atoms with Crippen LogP contribution in [0.5, 0.6) is 17.2 Å². The van der Waals surface area contributed by atoms with Gasteiger partial charge in [-0.1, -0.05) is 12.1 Å². The molecule has 0 unspecified atom stereocenters. The quantitative estimate of drug-likeness (QED) is 0.626. The van der Waals surface area contributed by atoms with Gasteiger partial charge in [0.2, 0.25) is 0 Å². The van der Waals surface area contributed by atoms with Crippen LogP contribution in [-0.4, -0.2) is 27.1 Å². The number of rotatable bonds is 7. The van der Waals surface area contributed by atoms with Gasteiger partial charge in [-0.3, -0.25) is 4.79 Å². The van der Waals surface area contributed by atoms with Crippen LogP contribution < -0.4 is 19.5 Å². The van der Waals surface area contributed by atoms with E-state index in [1.165, 1.54) is 6.08 Å². The van der Waals surface area contributed by atoms with Gasteiger partial charge in [-0.05, 0) is 24.3 Å². The molecule has 0 aliphatic rings. The zero-order chi connectivity index (χ0) is 16.7. The molecule has 120 valence electrons. The zero-order valence-electron chi connectivity index (χ0n) is 13.3. The van der Waals surface area contributed by atoms with E-state index in [2.05, 4.69) is 5.32 Å². The average molecular weight is 313 g/mol. The Labute approximate surface area is 135 Å². The summed E-state index contributed by atoms with van der Waals surface area (Å²) >= 11 is 0. The van der Waals surface area contributed by atoms with Gasteiger partial charge in [0, 0.05) is 23.9 Å². The first-order valence-corrected chi connectivity index (χ1v) is 7.01. The van der Waals surface area contributed by atoms with E-state index in [4.69, 9.17) is 14.2 Å². The molecule has 0 radical (unpaired) electrons. The van der Waals surface area contributed by atoms with Crippen LogP contribution in [0.3, 0.4) is 0 Å². The summed E-state index contributed by atoms with van der Waals surface area (Å²) in [4.78, 5) is 12.1. The molecule has 0 saturated carbocycles. The topological polar surface area (TPSA) is 56.8 Å². The molecule has 0 aromatic heterocycles. The van der Waals surface area contributed by atoms with Crippen LogP contribution in [0.4, 0.5) is 5.69 Å². The number of allylic oxidation sites excluding steroid dienone is 1. The molecule has 2 aromatic rings. The second kappa shape index (κ2) is 7.89. The lowest BCUT2D eigenvalue weighted by Crippen LogP contribution is -1.98. The minimum Gasteiger partial charge on any atom is -0.497 e. The molecule has 0 atom stereocenters. The van der Waals surface area contributed by atoms with Crippen molar-refractivity contribution in [1.29, 1.82) is 0 Å². The first kappa shape index (κ1) is 16.4. The first-order chi connectivity index (χ1) is 11.2. The summed E-state index contributed by atoms with van der Waals surface area (Å²) in [5, 5.41) is 3.03. The van der Waals surface area contributed by atoms with Crippen LogP contribution in [0, 0.1) is 0 Å². The van der Waals surface area contributed by atoms with Crippen molar-refractivity contribution in [2.75, 3.05) is 26.6 Å². The van der Waals surface area contributed by atoms with Crippen molar-refractivity contribution < 1.29 is 19.0 Å². The number of carbonyl (C=O) groups is 1. The van der Waals surface area contributed by atoms with Gasteiger partial charge in [-0.2, -0.15) is 0 Å². The lowest BCUT2D eigenvalue weighted by Gasteiger charge is -2.09. The molecular formula is C18H19NO4. The number of nitrogens with one attached hydrogen (secondary N) is 1. The molecule has 0 bridgehead atoms. The first-order valence-electron chi connectivity index (χ1n) is 7.01. The number of carbonyl (C=O) groups excluding carboxylic acids is 1. The third-order valence-electron chi connectivity index (χ3n) is 3.23. The van der Waals surface area contributed by atoms with Gasteiger partial charge >= 0.3 is 0 Å². The van der Waals surface area contributed by atoms with Crippen LogP contribution in [-0.2, 0) is 0 Å². The van der Waals surface area contributed by atoms with Crippen LogP contribution in [0.2, 0.25) is 0 Å². The van der Waals surface area contributed by atoms with Crippen molar-refractivity contribution >= 4 is 11.5 Å². The smallest absolute Gasteiger partial charge is 0.187 e. The Morgan fingerprint density at radius 2 is 1.70 bits per heavy atom. The molecule has 5 heteroatoms. The lowest BCUT2D eigenvalue weighted by atomic mass is 10.1. The highest BCUT2D eigenvalue weighted by Crippen LogP contribution is 2.28. The van der Waals surface area contributed by atoms with Gasteiger partial charge in [-0.25, -0.2) is 0 Å². The van der Waals surface area contributed by atoms with Crippen molar-refractivity contribution in [3.8, 4) is 17.2 Å². The number of hydrogen-bond acceptors (Lipinski definition) is 5. The Hall–Kier alpha value is -2.95. The maximum atomic E-state index is 12.1. The highest BCUT2D eigenvalue weighted by Gasteiger charge is 2.05. The van der Waals surface area contributed by atoms with Crippen LogP contribution >= 0.6 is 0 Å². The van der Waals surface area contributed by atoms with Crippen LogP contribution in [0.1, 0.15) is 10.4 Å². The molecular weight excluding hydrogens is 294 g/mol. The van der Waals surface area contributed by atoms with E-state index in [1.807, 2.05) is 0 Å². The SMILES string of the molecule is COc1cccc(C(=O)C=CNc2cc(OC)ccc2OC)c1. The number of ether oxygens (including phenoxy) is 3. The molecule has 2 aromatic carbocycles. The summed E-state index contributed by atoms with van der Waals surface area (Å²) in [6.07, 6.45) is 3.02. The zero-order valence-corrected chi connectivity index (χ0v) is 13.3. The maximum absolute atomic E-state index is 12.1. The van der Waals surface area contributed by atoms with Crippen molar-refractivity contribution in [2.45, 2.75) is 0 Å². The highest BCUT2D eigenvalue weighted by molar-refractivity contribution is 6.04. The highest BCUT2D eigenvalue weighted by atomic mass is 16.5. The van der Waals surface area contributed by atoms with Gasteiger partial charge in [0.25, 0.3) is 0 Å². The number of ketones is 1. The molecule has 0 heterocycles. The second-order valence-electron chi connectivity index (χ2n) is 4.64. The fourth-order valence-electron chi connectivity index (χ4n) is 2.01. The largest absolute Gasteiger partial charge is 0.497 e. The van der Waals surface area contributed by atoms with E-state index in [0.717, 1.165) is 0 Å². The fourth-order valence-corrected chi connectivity index (χ4v) is 2.01. The Kier molecular flexibility index (Phi) is 5.63. The number of anilines is 1.